The zero-order chi connectivity index (χ0) is 17.5. The number of hydrogen-bond donors (Lipinski definition) is 4. The van der Waals surface area contributed by atoms with Crippen LogP contribution in [0.3, 0.4) is 0 Å². The molecule has 0 heterocycles. The number of guanidine groups is 1. The van der Waals surface area contributed by atoms with Crippen LogP contribution in [0.25, 0.3) is 0 Å². The summed E-state index contributed by atoms with van der Waals surface area (Å²) < 4.78 is 0. The van der Waals surface area contributed by atoms with Crippen LogP contribution < -0.4 is 16.0 Å². The molecule has 0 spiro atoms. The molecule has 0 bridgehead atoms. The topological polar surface area (TPSA) is 85.8 Å². The van der Waals surface area contributed by atoms with E-state index in [2.05, 4.69) is 34.8 Å². The highest BCUT2D eigenvalue weighted by Gasteiger charge is 2.08. The number of aliphatic hydroxyl groups excluding tert-OH is 1. The molecule has 0 aromatic carbocycles. The molecule has 0 fully saturated rings. The van der Waals surface area contributed by atoms with Crippen molar-refractivity contribution in [2.75, 3.05) is 26.2 Å². The minimum absolute atomic E-state index is 0.0619. The van der Waals surface area contributed by atoms with Gasteiger partial charge in [-0.3, -0.25) is 9.79 Å². The van der Waals surface area contributed by atoms with Crippen molar-refractivity contribution >= 4 is 11.9 Å². The molecule has 0 aromatic rings. The van der Waals surface area contributed by atoms with Gasteiger partial charge in [-0.1, -0.05) is 20.3 Å². The Morgan fingerprint density at radius 2 is 1.91 bits per heavy atom. The molecule has 0 aliphatic heterocycles. The first-order valence-corrected chi connectivity index (χ1v) is 8.99. The number of carbonyl (C=O) groups is 1. The number of amides is 1. The summed E-state index contributed by atoms with van der Waals surface area (Å²) in [5, 5.41) is 18.4. The van der Waals surface area contributed by atoms with E-state index in [1.165, 1.54) is 0 Å². The summed E-state index contributed by atoms with van der Waals surface area (Å²) in [5.41, 5.74) is 0. The van der Waals surface area contributed by atoms with Crippen LogP contribution in [0.5, 0.6) is 0 Å². The fourth-order valence-electron chi connectivity index (χ4n) is 2.22. The Morgan fingerprint density at radius 3 is 2.48 bits per heavy atom. The average Bonchev–Trinajstić information content (AvgIpc) is 2.52. The zero-order valence-corrected chi connectivity index (χ0v) is 15.3. The number of carbonyl (C=O) groups excluding carboxylic acids is 1. The van der Waals surface area contributed by atoms with Crippen LogP contribution in [0.2, 0.25) is 0 Å². The SMILES string of the molecule is CCCC(CCO)CN=C(NCC)NCCC(=O)NC(C)CC. The molecule has 23 heavy (non-hydrogen) atoms. The first kappa shape index (κ1) is 21.7. The summed E-state index contributed by atoms with van der Waals surface area (Å²) >= 11 is 0. The van der Waals surface area contributed by atoms with Gasteiger partial charge in [0.2, 0.25) is 5.91 Å². The van der Waals surface area contributed by atoms with Crippen molar-refractivity contribution in [3.63, 3.8) is 0 Å². The van der Waals surface area contributed by atoms with Gasteiger partial charge in [-0.05, 0) is 39.0 Å². The Hall–Kier alpha value is -1.30. The van der Waals surface area contributed by atoms with Crippen molar-refractivity contribution < 1.29 is 9.90 Å². The summed E-state index contributed by atoms with van der Waals surface area (Å²) in [6, 6.07) is 0.220. The number of aliphatic hydroxyl groups is 1. The van der Waals surface area contributed by atoms with Crippen molar-refractivity contribution in [1.29, 1.82) is 0 Å². The fourth-order valence-corrected chi connectivity index (χ4v) is 2.22. The van der Waals surface area contributed by atoms with Crippen LogP contribution >= 0.6 is 0 Å². The lowest BCUT2D eigenvalue weighted by Gasteiger charge is -2.16. The molecule has 136 valence electrons. The lowest BCUT2D eigenvalue weighted by atomic mass is 10.0. The lowest BCUT2D eigenvalue weighted by Crippen LogP contribution is -2.40. The Bertz CT molecular complexity index is 329. The normalized spacial score (nSPS) is 14.2. The standard InChI is InChI=1S/C17H36N4O2/c1-5-8-15(10-12-22)13-20-17(18-7-3)19-11-9-16(23)21-14(4)6-2/h14-15,22H,5-13H2,1-4H3,(H,21,23)(H2,18,19,20). The van der Waals surface area contributed by atoms with E-state index in [1.807, 2.05) is 13.8 Å². The van der Waals surface area contributed by atoms with Crippen molar-refractivity contribution in [3.05, 3.63) is 0 Å². The number of nitrogens with zero attached hydrogens (tertiary/aromatic N) is 1. The Labute approximate surface area is 141 Å². The molecular weight excluding hydrogens is 292 g/mol. The third-order valence-corrected chi connectivity index (χ3v) is 3.75. The second kappa shape index (κ2) is 14.3. The van der Waals surface area contributed by atoms with Gasteiger partial charge < -0.3 is 21.1 Å². The number of nitrogens with one attached hydrogen (secondary N) is 3. The van der Waals surface area contributed by atoms with E-state index in [9.17, 15) is 4.79 Å². The van der Waals surface area contributed by atoms with Gasteiger partial charge in [0, 0.05) is 38.7 Å². The Morgan fingerprint density at radius 1 is 1.17 bits per heavy atom. The van der Waals surface area contributed by atoms with E-state index in [0.717, 1.165) is 38.2 Å². The molecule has 0 saturated heterocycles. The number of aliphatic imine (C=N–C) groups is 1. The number of rotatable bonds is 12. The Kier molecular flexibility index (Phi) is 13.5. The molecule has 0 rings (SSSR count). The van der Waals surface area contributed by atoms with Gasteiger partial charge in [0.25, 0.3) is 0 Å². The predicted octanol–water partition coefficient (Wildman–Crippen LogP) is 1.65. The van der Waals surface area contributed by atoms with Gasteiger partial charge >= 0.3 is 0 Å². The molecular formula is C17H36N4O2. The maximum absolute atomic E-state index is 11.7. The minimum Gasteiger partial charge on any atom is -0.396 e. The van der Waals surface area contributed by atoms with Crippen molar-refractivity contribution in [2.24, 2.45) is 10.9 Å². The first-order valence-electron chi connectivity index (χ1n) is 8.99. The van der Waals surface area contributed by atoms with Gasteiger partial charge in [-0.2, -0.15) is 0 Å². The van der Waals surface area contributed by atoms with E-state index in [0.29, 0.717) is 25.4 Å². The predicted molar refractivity (Wildman–Crippen MR) is 96.6 cm³/mol. The fraction of sp³-hybridized carbons (Fsp3) is 0.882. The van der Waals surface area contributed by atoms with Gasteiger partial charge in [0.15, 0.2) is 5.96 Å². The summed E-state index contributed by atoms with van der Waals surface area (Å²) in [6.07, 6.45) is 4.32. The van der Waals surface area contributed by atoms with Crippen molar-refractivity contribution in [3.8, 4) is 0 Å². The quantitative estimate of drug-likeness (QED) is 0.324. The third kappa shape index (κ3) is 11.9. The molecule has 4 N–H and O–H groups in total. The van der Waals surface area contributed by atoms with Crippen molar-refractivity contribution in [1.82, 2.24) is 16.0 Å². The summed E-state index contributed by atoms with van der Waals surface area (Å²) in [5.74, 6) is 1.21. The van der Waals surface area contributed by atoms with Crippen LogP contribution in [-0.4, -0.2) is 49.3 Å². The highest BCUT2D eigenvalue weighted by Crippen LogP contribution is 2.10. The van der Waals surface area contributed by atoms with Crippen LogP contribution in [0.1, 0.15) is 59.8 Å². The molecule has 6 nitrogen and oxygen atoms in total. The maximum Gasteiger partial charge on any atom is 0.221 e. The molecule has 0 aliphatic rings. The highest BCUT2D eigenvalue weighted by atomic mass is 16.3. The molecule has 0 aliphatic carbocycles. The van der Waals surface area contributed by atoms with Gasteiger partial charge in [0.1, 0.15) is 0 Å². The van der Waals surface area contributed by atoms with E-state index in [4.69, 9.17) is 5.11 Å². The van der Waals surface area contributed by atoms with Crippen LogP contribution in [-0.2, 0) is 4.79 Å². The summed E-state index contributed by atoms with van der Waals surface area (Å²) in [6.45, 7) is 10.5. The monoisotopic (exact) mass is 328 g/mol. The lowest BCUT2D eigenvalue weighted by molar-refractivity contribution is -0.121. The van der Waals surface area contributed by atoms with Crippen LogP contribution in [0.4, 0.5) is 0 Å². The summed E-state index contributed by atoms with van der Waals surface area (Å²) in [7, 11) is 0. The second-order valence-corrected chi connectivity index (χ2v) is 5.94. The molecule has 2 unspecified atom stereocenters. The minimum atomic E-state index is 0.0619. The van der Waals surface area contributed by atoms with Crippen LogP contribution in [0.15, 0.2) is 4.99 Å². The highest BCUT2D eigenvalue weighted by molar-refractivity contribution is 5.81. The van der Waals surface area contributed by atoms with Crippen LogP contribution in [0, 0.1) is 5.92 Å². The first-order chi connectivity index (χ1) is 11.1. The van der Waals surface area contributed by atoms with E-state index in [1.54, 1.807) is 0 Å². The van der Waals surface area contributed by atoms with E-state index in [-0.39, 0.29) is 18.6 Å². The van der Waals surface area contributed by atoms with E-state index >= 15 is 0 Å². The summed E-state index contributed by atoms with van der Waals surface area (Å²) in [4.78, 5) is 16.3. The second-order valence-electron chi connectivity index (χ2n) is 5.94. The van der Waals surface area contributed by atoms with Gasteiger partial charge in [-0.15, -0.1) is 0 Å². The zero-order valence-electron chi connectivity index (χ0n) is 15.3. The molecule has 6 heteroatoms. The van der Waals surface area contributed by atoms with Gasteiger partial charge in [0.05, 0.1) is 0 Å². The third-order valence-electron chi connectivity index (χ3n) is 3.75. The maximum atomic E-state index is 11.7. The number of hydrogen-bond acceptors (Lipinski definition) is 3. The van der Waals surface area contributed by atoms with E-state index < -0.39 is 0 Å². The Balaban J connectivity index is 4.27. The molecule has 2 atom stereocenters. The molecule has 0 radical (unpaired) electrons. The van der Waals surface area contributed by atoms with Crippen molar-refractivity contribution in [2.45, 2.75) is 65.8 Å². The molecule has 0 aromatic heterocycles. The molecule has 1 amide bonds. The molecule has 0 saturated carbocycles. The largest absolute Gasteiger partial charge is 0.396 e. The smallest absolute Gasteiger partial charge is 0.221 e. The average molecular weight is 329 g/mol. The van der Waals surface area contributed by atoms with Gasteiger partial charge in [-0.25, -0.2) is 0 Å².